The average molecular weight is 443 g/mol. The van der Waals surface area contributed by atoms with E-state index < -0.39 is 66.3 Å². The highest BCUT2D eigenvalue weighted by Gasteiger charge is 2.48. The van der Waals surface area contributed by atoms with Crippen LogP contribution >= 0.6 is 0 Å². The van der Waals surface area contributed by atoms with Gasteiger partial charge in [-0.3, -0.25) is 14.3 Å². The molecule has 8 unspecified atom stereocenters. The number of aryl methyl sites for hydroxylation is 1. The van der Waals surface area contributed by atoms with Crippen LogP contribution in [-0.2, 0) is 19.0 Å². The van der Waals surface area contributed by atoms with Crippen molar-refractivity contribution in [2.24, 2.45) is 5.11 Å². The molecule has 0 saturated carbocycles. The fraction of sp³-hybridized carbons (Fsp3) is 0.688. The number of ether oxygens (including phenoxy) is 3. The quantitative estimate of drug-likeness (QED) is 0.180. The number of aliphatic carboxylic acids is 1. The van der Waals surface area contributed by atoms with Crippen LogP contribution in [0.1, 0.15) is 18.2 Å². The van der Waals surface area contributed by atoms with Crippen molar-refractivity contribution in [3.8, 4) is 0 Å². The van der Waals surface area contributed by atoms with Crippen molar-refractivity contribution in [2.75, 3.05) is 6.61 Å². The van der Waals surface area contributed by atoms with Crippen LogP contribution in [0.5, 0.6) is 0 Å². The molecular formula is C16H21N5O10. The number of aliphatic hydroxyl groups excluding tert-OH is 3. The van der Waals surface area contributed by atoms with Gasteiger partial charge >= 0.3 is 11.7 Å². The van der Waals surface area contributed by atoms with E-state index in [4.69, 9.17) is 24.8 Å². The minimum atomic E-state index is -1.87. The van der Waals surface area contributed by atoms with Gasteiger partial charge in [0, 0.05) is 23.1 Å². The third-order valence-electron chi connectivity index (χ3n) is 5.10. The maximum Gasteiger partial charge on any atom is 0.335 e. The fourth-order valence-corrected chi connectivity index (χ4v) is 3.40. The average Bonchev–Trinajstić information content (AvgIpc) is 3.11. The van der Waals surface area contributed by atoms with Gasteiger partial charge < -0.3 is 34.6 Å². The summed E-state index contributed by atoms with van der Waals surface area (Å²) in [5.41, 5.74) is 7.79. The molecule has 15 heteroatoms. The zero-order chi connectivity index (χ0) is 22.9. The Morgan fingerprint density at radius 3 is 2.68 bits per heavy atom. The molecule has 3 rings (SSSR count). The highest BCUT2D eigenvalue weighted by atomic mass is 16.7. The molecule has 0 aromatic carbocycles. The van der Waals surface area contributed by atoms with Crippen molar-refractivity contribution in [1.29, 1.82) is 0 Å². The van der Waals surface area contributed by atoms with Crippen LogP contribution in [0.15, 0.2) is 20.9 Å². The highest BCUT2D eigenvalue weighted by Crippen LogP contribution is 2.31. The van der Waals surface area contributed by atoms with Crippen molar-refractivity contribution in [2.45, 2.75) is 62.4 Å². The first-order valence-electron chi connectivity index (χ1n) is 9.19. The summed E-state index contributed by atoms with van der Waals surface area (Å²) < 4.78 is 17.2. The Bertz CT molecular complexity index is 988. The standard InChI is InChI=1S/C16H21N5O10/c1-5-3-21(16(28)18-13(5)25)8-2-6(19-20-17)7(30-8)4-29-15-11(24)9(22)10(23)12(31-15)14(26)27/h3,6-12,15,22-24H,2,4H2,1H3,(H,26,27)(H,18,25,28). The molecule has 0 aliphatic carbocycles. The minimum absolute atomic E-state index is 0.0661. The van der Waals surface area contributed by atoms with E-state index in [1.54, 1.807) is 0 Å². The van der Waals surface area contributed by atoms with Crippen molar-refractivity contribution in [3.63, 3.8) is 0 Å². The summed E-state index contributed by atoms with van der Waals surface area (Å²) in [6.45, 7) is 1.13. The first-order chi connectivity index (χ1) is 14.6. The van der Waals surface area contributed by atoms with Crippen molar-refractivity contribution < 1.29 is 39.4 Å². The number of hydrogen-bond acceptors (Lipinski definition) is 10. The predicted molar refractivity (Wildman–Crippen MR) is 97.8 cm³/mol. The monoisotopic (exact) mass is 443 g/mol. The van der Waals surface area contributed by atoms with Crippen LogP contribution in [0.4, 0.5) is 0 Å². The van der Waals surface area contributed by atoms with E-state index >= 15 is 0 Å². The number of aromatic amines is 1. The van der Waals surface area contributed by atoms with Crippen LogP contribution in [0.2, 0.25) is 0 Å². The number of aliphatic hydroxyl groups is 3. The van der Waals surface area contributed by atoms with E-state index in [1.165, 1.54) is 13.1 Å². The molecule has 2 fully saturated rings. The molecule has 5 N–H and O–H groups in total. The molecule has 3 heterocycles. The second-order valence-electron chi connectivity index (χ2n) is 7.18. The molecular weight excluding hydrogens is 422 g/mol. The van der Waals surface area contributed by atoms with Gasteiger partial charge in [-0.2, -0.15) is 0 Å². The van der Waals surface area contributed by atoms with Gasteiger partial charge in [0.15, 0.2) is 12.4 Å². The van der Waals surface area contributed by atoms with E-state index in [1.807, 2.05) is 0 Å². The maximum atomic E-state index is 12.1. The summed E-state index contributed by atoms with van der Waals surface area (Å²) in [4.78, 5) is 39.7. The molecule has 0 amide bonds. The third-order valence-corrected chi connectivity index (χ3v) is 5.10. The Balaban J connectivity index is 1.74. The molecule has 1 aromatic heterocycles. The van der Waals surface area contributed by atoms with Crippen molar-refractivity contribution in [3.05, 3.63) is 43.0 Å². The number of rotatable bonds is 6. The lowest BCUT2D eigenvalue weighted by molar-refractivity contribution is -0.298. The number of H-pyrrole nitrogens is 1. The Labute approximate surface area is 173 Å². The second-order valence-corrected chi connectivity index (χ2v) is 7.18. The number of nitrogens with one attached hydrogen (secondary N) is 1. The molecule has 15 nitrogen and oxygen atoms in total. The van der Waals surface area contributed by atoms with Crippen LogP contribution < -0.4 is 11.2 Å². The van der Waals surface area contributed by atoms with E-state index in [9.17, 15) is 29.7 Å². The molecule has 1 aromatic rings. The zero-order valence-corrected chi connectivity index (χ0v) is 16.1. The Morgan fingerprint density at radius 1 is 1.32 bits per heavy atom. The molecule has 0 spiro atoms. The summed E-state index contributed by atoms with van der Waals surface area (Å²) in [6, 6.07) is -0.805. The predicted octanol–water partition coefficient (Wildman–Crippen LogP) is -2.28. The minimum Gasteiger partial charge on any atom is -0.479 e. The van der Waals surface area contributed by atoms with Gasteiger partial charge in [-0.15, -0.1) is 0 Å². The largest absolute Gasteiger partial charge is 0.479 e. The highest BCUT2D eigenvalue weighted by molar-refractivity contribution is 5.73. The van der Waals surface area contributed by atoms with Gasteiger partial charge in [-0.1, -0.05) is 5.11 Å². The summed E-state index contributed by atoms with van der Waals surface area (Å²) in [7, 11) is 0. The number of carbonyl (C=O) groups is 1. The number of aromatic nitrogens is 2. The van der Waals surface area contributed by atoms with E-state index in [2.05, 4.69) is 15.0 Å². The SMILES string of the molecule is Cc1cn(C2CC(N=[N+]=[N-])C(COC3OC(C(=O)O)C(O)C(O)C3O)O2)c(=O)[nH]c1=O. The van der Waals surface area contributed by atoms with Gasteiger partial charge in [0.1, 0.15) is 24.5 Å². The molecule has 31 heavy (non-hydrogen) atoms. The van der Waals surface area contributed by atoms with E-state index in [0.29, 0.717) is 0 Å². The lowest BCUT2D eigenvalue weighted by atomic mass is 9.99. The van der Waals surface area contributed by atoms with Crippen molar-refractivity contribution in [1.82, 2.24) is 9.55 Å². The van der Waals surface area contributed by atoms with Crippen LogP contribution in [0.3, 0.4) is 0 Å². The lowest BCUT2D eigenvalue weighted by Crippen LogP contribution is -2.60. The molecule has 2 saturated heterocycles. The fourth-order valence-electron chi connectivity index (χ4n) is 3.40. The Hall–Kier alpha value is -2.78. The van der Waals surface area contributed by atoms with Gasteiger partial charge in [0.2, 0.25) is 0 Å². The zero-order valence-electron chi connectivity index (χ0n) is 16.1. The Morgan fingerprint density at radius 2 is 2.03 bits per heavy atom. The number of carboxylic acids is 1. The summed E-state index contributed by atoms with van der Waals surface area (Å²) in [5, 5.41) is 42.3. The second kappa shape index (κ2) is 9.15. The van der Waals surface area contributed by atoms with Crippen LogP contribution in [-0.4, -0.2) is 85.4 Å². The Kier molecular flexibility index (Phi) is 6.76. The van der Waals surface area contributed by atoms with Gasteiger partial charge in [-0.25, -0.2) is 9.59 Å². The van der Waals surface area contributed by atoms with E-state index in [-0.39, 0.29) is 18.6 Å². The first kappa shape index (κ1) is 22.9. The number of hydrogen-bond donors (Lipinski definition) is 5. The number of carboxylic acid groups (broad SMARTS) is 1. The summed E-state index contributed by atoms with van der Waals surface area (Å²) in [6.07, 6.45) is -9.39. The number of azide groups is 1. The normalized spacial score (nSPS) is 35.5. The van der Waals surface area contributed by atoms with Gasteiger partial charge in [0.25, 0.3) is 5.56 Å². The van der Waals surface area contributed by atoms with Gasteiger partial charge in [-0.05, 0) is 12.5 Å². The molecule has 2 aliphatic heterocycles. The first-order valence-corrected chi connectivity index (χ1v) is 9.19. The van der Waals surface area contributed by atoms with Gasteiger partial charge in [0.05, 0.1) is 18.8 Å². The topological polar surface area (TPSA) is 229 Å². The lowest BCUT2D eigenvalue weighted by Gasteiger charge is -2.38. The molecule has 0 bridgehead atoms. The number of nitrogens with zero attached hydrogens (tertiary/aromatic N) is 4. The van der Waals surface area contributed by atoms with E-state index in [0.717, 1.165) is 4.57 Å². The molecule has 170 valence electrons. The van der Waals surface area contributed by atoms with Crippen molar-refractivity contribution >= 4 is 5.97 Å². The molecule has 0 radical (unpaired) electrons. The molecule has 2 aliphatic rings. The van der Waals surface area contributed by atoms with Crippen LogP contribution in [0.25, 0.3) is 10.4 Å². The summed E-state index contributed by atoms with van der Waals surface area (Å²) in [5.74, 6) is -1.57. The third kappa shape index (κ3) is 4.62. The molecule has 8 atom stereocenters. The maximum absolute atomic E-state index is 12.1. The smallest absolute Gasteiger partial charge is 0.335 e. The summed E-state index contributed by atoms with van der Waals surface area (Å²) >= 11 is 0. The van der Waals surface area contributed by atoms with Crippen LogP contribution in [0, 0.1) is 6.92 Å².